The van der Waals surface area contributed by atoms with E-state index in [9.17, 15) is 0 Å². The predicted molar refractivity (Wildman–Crippen MR) is 93.9 cm³/mol. The summed E-state index contributed by atoms with van der Waals surface area (Å²) in [6.07, 6.45) is 1.10. The Labute approximate surface area is 140 Å². The first-order chi connectivity index (χ1) is 9.97. The molecule has 2 aromatic carbocycles. The maximum absolute atomic E-state index is 6.24. The lowest BCUT2D eigenvalue weighted by Crippen LogP contribution is -2.14. The minimum Gasteiger partial charge on any atom is -0.455 e. The molecule has 0 N–H and O–H groups in total. The third-order valence-electron chi connectivity index (χ3n) is 3.93. The van der Waals surface area contributed by atoms with Gasteiger partial charge in [-0.1, -0.05) is 72.6 Å². The van der Waals surface area contributed by atoms with E-state index in [-0.39, 0.29) is 5.41 Å². The number of benzene rings is 2. The molecule has 0 bridgehead atoms. The monoisotopic (exact) mass is 366 g/mol. The number of para-hydroxylation sites is 1. The summed E-state index contributed by atoms with van der Waals surface area (Å²) in [7, 11) is 0. The summed E-state index contributed by atoms with van der Waals surface area (Å²) in [5.74, 6) is 1.53. The van der Waals surface area contributed by atoms with Gasteiger partial charge in [-0.15, -0.1) is 0 Å². The Bertz CT molecular complexity index is 605. The highest BCUT2D eigenvalue weighted by molar-refractivity contribution is 9.08. The minimum absolute atomic E-state index is 0.184. The average molecular weight is 368 g/mol. The van der Waals surface area contributed by atoms with Gasteiger partial charge in [0.25, 0.3) is 0 Å². The van der Waals surface area contributed by atoms with Gasteiger partial charge in [-0.25, -0.2) is 0 Å². The highest BCUT2D eigenvalue weighted by Crippen LogP contribution is 2.35. The predicted octanol–water partition coefficient (Wildman–Crippen LogP) is 6.71. The molecular formula is C18H20BrClO. The van der Waals surface area contributed by atoms with Crippen LogP contribution in [0.3, 0.4) is 0 Å². The van der Waals surface area contributed by atoms with Crippen LogP contribution in [0.1, 0.15) is 38.3 Å². The van der Waals surface area contributed by atoms with E-state index < -0.39 is 0 Å². The lowest BCUT2D eigenvalue weighted by molar-refractivity contribution is 0.475. The van der Waals surface area contributed by atoms with Crippen molar-refractivity contribution >= 4 is 27.5 Å². The lowest BCUT2D eigenvalue weighted by atomic mass is 9.82. The van der Waals surface area contributed by atoms with Crippen LogP contribution in [-0.2, 0) is 10.7 Å². The fourth-order valence-corrected chi connectivity index (χ4v) is 2.74. The van der Waals surface area contributed by atoms with E-state index >= 15 is 0 Å². The molecule has 0 spiro atoms. The summed E-state index contributed by atoms with van der Waals surface area (Å²) in [5.41, 5.74) is 2.54. The number of halogens is 2. The minimum atomic E-state index is 0.184. The zero-order valence-electron chi connectivity index (χ0n) is 12.6. The Morgan fingerprint density at radius 3 is 2.33 bits per heavy atom. The Kier molecular flexibility index (Phi) is 5.34. The molecule has 3 heteroatoms. The number of alkyl halides is 1. The van der Waals surface area contributed by atoms with Crippen molar-refractivity contribution in [1.29, 1.82) is 0 Å². The Hall–Kier alpha value is -0.990. The number of hydrogen-bond acceptors (Lipinski definition) is 1. The fourth-order valence-electron chi connectivity index (χ4n) is 2.07. The van der Waals surface area contributed by atoms with Gasteiger partial charge in [0.1, 0.15) is 11.5 Å². The molecule has 0 amide bonds. The van der Waals surface area contributed by atoms with Crippen molar-refractivity contribution in [2.75, 3.05) is 0 Å². The first-order valence-electron chi connectivity index (χ1n) is 7.09. The van der Waals surface area contributed by atoms with Gasteiger partial charge in [0, 0.05) is 10.9 Å². The quantitative estimate of drug-likeness (QED) is 0.533. The second kappa shape index (κ2) is 6.85. The first kappa shape index (κ1) is 16.4. The van der Waals surface area contributed by atoms with Crippen LogP contribution in [0, 0.1) is 0 Å². The first-order valence-corrected chi connectivity index (χ1v) is 8.59. The van der Waals surface area contributed by atoms with Crippen molar-refractivity contribution in [1.82, 2.24) is 0 Å². The fraction of sp³-hybridized carbons (Fsp3) is 0.333. The SMILES string of the molecule is CCC(C)(C)c1ccc(Oc2c(Cl)cccc2CBr)cc1. The standard InChI is InChI=1S/C18H20BrClO/c1-4-18(2,3)14-8-10-15(11-9-14)21-17-13(12-19)6-5-7-16(17)20/h5-11H,4,12H2,1-3H3. The smallest absolute Gasteiger partial charge is 0.150 e. The van der Waals surface area contributed by atoms with Gasteiger partial charge in [-0.3, -0.25) is 0 Å². The normalized spacial score (nSPS) is 11.5. The molecule has 0 saturated heterocycles. The third-order valence-corrected chi connectivity index (χ3v) is 4.83. The van der Waals surface area contributed by atoms with Gasteiger partial charge in [-0.2, -0.15) is 0 Å². The Morgan fingerprint density at radius 2 is 1.76 bits per heavy atom. The summed E-state index contributed by atoms with van der Waals surface area (Å²) in [6.45, 7) is 6.70. The third kappa shape index (κ3) is 3.81. The van der Waals surface area contributed by atoms with Gasteiger partial charge in [-0.05, 0) is 35.6 Å². The van der Waals surface area contributed by atoms with Crippen LogP contribution in [0.25, 0.3) is 0 Å². The van der Waals surface area contributed by atoms with Crippen molar-refractivity contribution in [3.63, 3.8) is 0 Å². The van der Waals surface area contributed by atoms with E-state index in [2.05, 4.69) is 48.8 Å². The van der Waals surface area contributed by atoms with Gasteiger partial charge < -0.3 is 4.74 Å². The van der Waals surface area contributed by atoms with Crippen molar-refractivity contribution < 1.29 is 4.74 Å². The molecule has 0 atom stereocenters. The molecule has 2 rings (SSSR count). The largest absolute Gasteiger partial charge is 0.455 e. The van der Waals surface area contributed by atoms with E-state index in [1.165, 1.54) is 5.56 Å². The van der Waals surface area contributed by atoms with E-state index in [4.69, 9.17) is 16.3 Å². The molecule has 0 unspecified atom stereocenters. The Morgan fingerprint density at radius 1 is 1.10 bits per heavy atom. The summed E-state index contributed by atoms with van der Waals surface area (Å²) in [4.78, 5) is 0. The number of rotatable bonds is 5. The Balaban J connectivity index is 2.26. The molecule has 112 valence electrons. The van der Waals surface area contributed by atoms with E-state index in [1.807, 2.05) is 30.3 Å². The van der Waals surface area contributed by atoms with Crippen molar-refractivity contribution in [2.24, 2.45) is 0 Å². The number of hydrogen-bond donors (Lipinski definition) is 0. The van der Waals surface area contributed by atoms with Crippen molar-refractivity contribution in [3.8, 4) is 11.5 Å². The zero-order valence-corrected chi connectivity index (χ0v) is 15.0. The molecule has 0 saturated carbocycles. The van der Waals surface area contributed by atoms with Crippen molar-refractivity contribution in [3.05, 3.63) is 58.6 Å². The molecule has 1 nitrogen and oxygen atoms in total. The van der Waals surface area contributed by atoms with Gasteiger partial charge in [0.2, 0.25) is 0 Å². The summed E-state index contributed by atoms with van der Waals surface area (Å²) in [6, 6.07) is 14.1. The summed E-state index contributed by atoms with van der Waals surface area (Å²) >= 11 is 9.70. The van der Waals surface area contributed by atoms with Crippen LogP contribution in [-0.4, -0.2) is 0 Å². The van der Waals surface area contributed by atoms with Crippen LogP contribution >= 0.6 is 27.5 Å². The van der Waals surface area contributed by atoms with Crippen LogP contribution in [0.2, 0.25) is 5.02 Å². The van der Waals surface area contributed by atoms with Crippen LogP contribution < -0.4 is 4.74 Å². The highest BCUT2D eigenvalue weighted by atomic mass is 79.9. The topological polar surface area (TPSA) is 9.23 Å². The molecule has 0 aliphatic carbocycles. The van der Waals surface area contributed by atoms with E-state index in [1.54, 1.807) is 0 Å². The highest BCUT2D eigenvalue weighted by Gasteiger charge is 2.18. The molecule has 0 fully saturated rings. The van der Waals surface area contributed by atoms with E-state index in [0.717, 1.165) is 23.5 Å². The van der Waals surface area contributed by atoms with Crippen LogP contribution in [0.4, 0.5) is 0 Å². The molecule has 0 aliphatic rings. The summed E-state index contributed by atoms with van der Waals surface area (Å²) in [5, 5.41) is 1.34. The van der Waals surface area contributed by atoms with Gasteiger partial charge in [0.05, 0.1) is 5.02 Å². The molecule has 2 aromatic rings. The maximum atomic E-state index is 6.24. The maximum Gasteiger partial charge on any atom is 0.150 e. The molecule has 0 aliphatic heterocycles. The van der Waals surface area contributed by atoms with Crippen LogP contribution in [0.5, 0.6) is 11.5 Å². The lowest BCUT2D eigenvalue weighted by Gasteiger charge is -2.23. The number of ether oxygens (including phenoxy) is 1. The second-order valence-electron chi connectivity index (χ2n) is 5.73. The van der Waals surface area contributed by atoms with Crippen molar-refractivity contribution in [2.45, 2.75) is 37.9 Å². The summed E-state index contributed by atoms with van der Waals surface area (Å²) < 4.78 is 5.97. The van der Waals surface area contributed by atoms with E-state index in [0.29, 0.717) is 10.4 Å². The molecular weight excluding hydrogens is 348 g/mol. The van der Waals surface area contributed by atoms with Gasteiger partial charge >= 0.3 is 0 Å². The zero-order chi connectivity index (χ0) is 15.5. The molecule has 21 heavy (non-hydrogen) atoms. The second-order valence-corrected chi connectivity index (χ2v) is 6.69. The van der Waals surface area contributed by atoms with Crippen LogP contribution in [0.15, 0.2) is 42.5 Å². The molecule has 0 aromatic heterocycles. The van der Waals surface area contributed by atoms with Gasteiger partial charge in [0.15, 0.2) is 0 Å². The molecule has 0 heterocycles. The average Bonchev–Trinajstić information content (AvgIpc) is 2.50. The molecule has 0 radical (unpaired) electrons.